The van der Waals surface area contributed by atoms with Gasteiger partial charge in [-0.25, -0.2) is 0 Å². The van der Waals surface area contributed by atoms with E-state index in [2.05, 4.69) is 4.98 Å². The van der Waals surface area contributed by atoms with Gasteiger partial charge in [-0.3, -0.25) is 4.98 Å². The first-order valence-corrected chi connectivity index (χ1v) is 6.02. The first-order chi connectivity index (χ1) is 8.15. The van der Waals surface area contributed by atoms with Crippen LogP contribution in [0.5, 0.6) is 0 Å². The van der Waals surface area contributed by atoms with Gasteiger partial charge in [-0.15, -0.1) is 0 Å². The van der Waals surface area contributed by atoms with Gasteiger partial charge >= 0.3 is 0 Å². The minimum absolute atomic E-state index is 0.147. The average Bonchev–Trinajstić information content (AvgIpc) is 2.29. The summed E-state index contributed by atoms with van der Waals surface area (Å²) in [6.45, 7) is 0. The lowest BCUT2D eigenvalue weighted by Crippen LogP contribution is -2.14. The zero-order chi connectivity index (χ0) is 12.3. The van der Waals surface area contributed by atoms with Gasteiger partial charge in [0.05, 0.1) is 16.8 Å². The number of hydrogen-bond acceptors (Lipinski definition) is 2. The number of hydrogen-bond donors (Lipinski definition) is 1. The third-order valence-electron chi connectivity index (χ3n) is 2.47. The number of nitrogens with two attached hydrogens (primary N) is 1. The maximum absolute atomic E-state index is 6.08. The Hall–Kier alpha value is -1.09. The number of halogens is 2. The van der Waals surface area contributed by atoms with Crippen molar-refractivity contribution in [2.75, 3.05) is 0 Å². The highest BCUT2D eigenvalue weighted by Crippen LogP contribution is 2.18. The van der Waals surface area contributed by atoms with Crippen molar-refractivity contribution >= 4 is 23.2 Å². The standard InChI is InChI=1S/C13H12Cl2N2/c14-10-3-1-2-9(6-10)7-12(16)13-5-4-11(15)8-17-13/h1-6,8,12H,7,16H2. The van der Waals surface area contributed by atoms with E-state index in [9.17, 15) is 0 Å². The Kier molecular flexibility index (Phi) is 4.00. The molecule has 1 aromatic carbocycles. The van der Waals surface area contributed by atoms with Crippen LogP contribution >= 0.6 is 23.2 Å². The molecule has 1 unspecified atom stereocenters. The largest absolute Gasteiger partial charge is 0.322 e. The maximum atomic E-state index is 6.08. The van der Waals surface area contributed by atoms with Crippen molar-refractivity contribution in [3.63, 3.8) is 0 Å². The van der Waals surface area contributed by atoms with Crippen molar-refractivity contribution in [1.82, 2.24) is 4.98 Å². The third kappa shape index (κ3) is 3.43. The molecule has 0 radical (unpaired) electrons. The van der Waals surface area contributed by atoms with Gasteiger partial charge in [-0.1, -0.05) is 35.3 Å². The van der Waals surface area contributed by atoms with Crippen LogP contribution in [0.2, 0.25) is 10.0 Å². The van der Waals surface area contributed by atoms with Crippen LogP contribution in [0.15, 0.2) is 42.6 Å². The fourth-order valence-corrected chi connectivity index (χ4v) is 1.95. The van der Waals surface area contributed by atoms with Gasteiger partial charge in [-0.2, -0.15) is 0 Å². The summed E-state index contributed by atoms with van der Waals surface area (Å²) in [4.78, 5) is 4.21. The monoisotopic (exact) mass is 266 g/mol. The Morgan fingerprint density at radius 1 is 1.12 bits per heavy atom. The number of rotatable bonds is 3. The summed E-state index contributed by atoms with van der Waals surface area (Å²) >= 11 is 11.7. The van der Waals surface area contributed by atoms with Crippen molar-refractivity contribution in [2.24, 2.45) is 5.73 Å². The normalized spacial score (nSPS) is 12.4. The van der Waals surface area contributed by atoms with Crippen molar-refractivity contribution in [3.05, 3.63) is 63.9 Å². The zero-order valence-corrected chi connectivity index (χ0v) is 10.6. The van der Waals surface area contributed by atoms with E-state index in [4.69, 9.17) is 28.9 Å². The summed E-state index contributed by atoms with van der Waals surface area (Å²) in [5.41, 5.74) is 8.01. The molecule has 1 heterocycles. The Morgan fingerprint density at radius 2 is 1.94 bits per heavy atom. The van der Waals surface area contributed by atoms with Crippen LogP contribution in [0.25, 0.3) is 0 Å². The third-order valence-corrected chi connectivity index (χ3v) is 2.93. The number of aromatic nitrogens is 1. The maximum Gasteiger partial charge on any atom is 0.0589 e. The van der Waals surface area contributed by atoms with Crippen LogP contribution in [0.3, 0.4) is 0 Å². The van der Waals surface area contributed by atoms with Gasteiger partial charge in [0.15, 0.2) is 0 Å². The van der Waals surface area contributed by atoms with Crippen molar-refractivity contribution < 1.29 is 0 Å². The van der Waals surface area contributed by atoms with E-state index in [0.29, 0.717) is 11.4 Å². The SMILES string of the molecule is NC(Cc1cccc(Cl)c1)c1ccc(Cl)cn1. The lowest BCUT2D eigenvalue weighted by Gasteiger charge is -2.11. The smallest absolute Gasteiger partial charge is 0.0589 e. The molecule has 2 nitrogen and oxygen atoms in total. The molecular weight excluding hydrogens is 255 g/mol. The van der Waals surface area contributed by atoms with Gasteiger partial charge in [0.2, 0.25) is 0 Å². The molecule has 0 saturated carbocycles. The van der Waals surface area contributed by atoms with Crippen LogP contribution in [0, 0.1) is 0 Å². The predicted molar refractivity (Wildman–Crippen MR) is 71.3 cm³/mol. The van der Waals surface area contributed by atoms with Crippen LogP contribution in [0.1, 0.15) is 17.3 Å². The fraction of sp³-hybridized carbons (Fsp3) is 0.154. The van der Waals surface area contributed by atoms with Crippen LogP contribution in [0.4, 0.5) is 0 Å². The molecule has 0 amide bonds. The average molecular weight is 267 g/mol. The molecule has 4 heteroatoms. The molecule has 0 saturated heterocycles. The van der Waals surface area contributed by atoms with E-state index in [1.807, 2.05) is 30.3 Å². The molecule has 0 aliphatic rings. The molecular formula is C13H12Cl2N2. The van der Waals surface area contributed by atoms with Crippen molar-refractivity contribution in [1.29, 1.82) is 0 Å². The fourth-order valence-electron chi connectivity index (χ4n) is 1.63. The van der Waals surface area contributed by atoms with Crippen LogP contribution in [-0.2, 0) is 6.42 Å². The van der Waals surface area contributed by atoms with E-state index < -0.39 is 0 Å². The Labute approximate surface area is 110 Å². The van der Waals surface area contributed by atoms with E-state index in [1.165, 1.54) is 0 Å². The molecule has 0 fully saturated rings. The molecule has 88 valence electrons. The summed E-state index contributed by atoms with van der Waals surface area (Å²) in [5.74, 6) is 0. The Morgan fingerprint density at radius 3 is 2.59 bits per heavy atom. The van der Waals surface area contributed by atoms with E-state index in [1.54, 1.807) is 12.3 Å². The summed E-state index contributed by atoms with van der Waals surface area (Å²) in [6.07, 6.45) is 2.31. The van der Waals surface area contributed by atoms with E-state index in [-0.39, 0.29) is 6.04 Å². The Balaban J connectivity index is 2.11. The second kappa shape index (κ2) is 5.50. The molecule has 17 heavy (non-hydrogen) atoms. The van der Waals surface area contributed by atoms with E-state index in [0.717, 1.165) is 16.3 Å². The molecule has 2 rings (SSSR count). The van der Waals surface area contributed by atoms with Crippen LogP contribution < -0.4 is 5.73 Å². The topological polar surface area (TPSA) is 38.9 Å². The summed E-state index contributed by atoms with van der Waals surface area (Å²) in [7, 11) is 0. The first kappa shape index (κ1) is 12.4. The lowest BCUT2D eigenvalue weighted by atomic mass is 10.0. The quantitative estimate of drug-likeness (QED) is 0.922. The molecule has 0 aliphatic heterocycles. The molecule has 1 atom stereocenters. The molecule has 0 bridgehead atoms. The van der Waals surface area contributed by atoms with E-state index >= 15 is 0 Å². The number of nitrogens with zero attached hydrogens (tertiary/aromatic N) is 1. The highest BCUT2D eigenvalue weighted by Gasteiger charge is 2.08. The molecule has 0 spiro atoms. The van der Waals surface area contributed by atoms with Gasteiger partial charge in [-0.05, 0) is 36.2 Å². The molecule has 2 aromatic rings. The highest BCUT2D eigenvalue weighted by molar-refractivity contribution is 6.30. The summed E-state index contributed by atoms with van der Waals surface area (Å²) in [5, 5.41) is 1.34. The summed E-state index contributed by atoms with van der Waals surface area (Å²) < 4.78 is 0. The first-order valence-electron chi connectivity index (χ1n) is 5.26. The van der Waals surface area contributed by atoms with Gasteiger partial charge < -0.3 is 5.73 Å². The van der Waals surface area contributed by atoms with Gasteiger partial charge in [0.25, 0.3) is 0 Å². The second-order valence-electron chi connectivity index (χ2n) is 3.84. The lowest BCUT2D eigenvalue weighted by molar-refractivity contribution is 0.696. The molecule has 2 N–H and O–H groups in total. The number of pyridine rings is 1. The second-order valence-corrected chi connectivity index (χ2v) is 4.71. The molecule has 1 aromatic heterocycles. The van der Waals surface area contributed by atoms with Crippen molar-refractivity contribution in [2.45, 2.75) is 12.5 Å². The number of benzene rings is 1. The highest BCUT2D eigenvalue weighted by atomic mass is 35.5. The van der Waals surface area contributed by atoms with Gasteiger partial charge in [0.1, 0.15) is 0 Å². The van der Waals surface area contributed by atoms with Gasteiger partial charge in [0, 0.05) is 11.2 Å². The van der Waals surface area contributed by atoms with Crippen LogP contribution in [-0.4, -0.2) is 4.98 Å². The minimum Gasteiger partial charge on any atom is -0.322 e. The predicted octanol–water partition coefficient (Wildman–Crippen LogP) is 3.63. The summed E-state index contributed by atoms with van der Waals surface area (Å²) in [6, 6.07) is 11.2. The minimum atomic E-state index is -0.147. The zero-order valence-electron chi connectivity index (χ0n) is 9.11. The Bertz CT molecular complexity index is 497. The van der Waals surface area contributed by atoms with Crippen molar-refractivity contribution in [3.8, 4) is 0 Å². The molecule has 0 aliphatic carbocycles.